The second-order valence-corrected chi connectivity index (χ2v) is 3.37. The van der Waals surface area contributed by atoms with Gasteiger partial charge in [-0.15, -0.1) is 10.2 Å². The van der Waals surface area contributed by atoms with Crippen molar-refractivity contribution in [2.24, 2.45) is 0 Å². The number of hydrogen-bond acceptors (Lipinski definition) is 5. The Kier molecular flexibility index (Phi) is 2.36. The molecule has 0 aromatic carbocycles. The zero-order valence-electron chi connectivity index (χ0n) is 7.27. The molecule has 2 heterocycles. The smallest absolute Gasteiger partial charge is 0.289 e. The van der Waals surface area contributed by atoms with E-state index in [0.717, 1.165) is 16.9 Å². The molecule has 0 atom stereocenters. The van der Waals surface area contributed by atoms with Crippen LogP contribution in [0.3, 0.4) is 0 Å². The van der Waals surface area contributed by atoms with Crippen LogP contribution in [-0.4, -0.2) is 22.3 Å². The fraction of sp³-hybridized carbons (Fsp3) is 0.125. The fourth-order valence-corrected chi connectivity index (χ4v) is 1.54. The van der Waals surface area contributed by atoms with Crippen LogP contribution in [0.15, 0.2) is 18.3 Å². The highest BCUT2D eigenvalue weighted by molar-refractivity contribution is 7.13. The Hall–Kier alpha value is -1.56. The van der Waals surface area contributed by atoms with E-state index in [9.17, 15) is 4.39 Å². The Labute approximate surface area is 83.4 Å². The predicted octanol–water partition coefficient (Wildman–Crippen LogP) is 1.75. The van der Waals surface area contributed by atoms with Gasteiger partial charge in [-0.25, -0.2) is 4.98 Å². The third-order valence-electron chi connectivity index (χ3n) is 1.59. The normalized spacial score (nSPS) is 10.1. The van der Waals surface area contributed by atoms with Crippen molar-refractivity contribution in [1.29, 1.82) is 0 Å². The van der Waals surface area contributed by atoms with Crippen molar-refractivity contribution in [3.63, 3.8) is 0 Å². The second-order valence-electron chi connectivity index (χ2n) is 2.45. The molecule has 0 amide bonds. The van der Waals surface area contributed by atoms with Gasteiger partial charge >= 0.3 is 0 Å². The van der Waals surface area contributed by atoms with Gasteiger partial charge in [-0.3, -0.25) is 0 Å². The van der Waals surface area contributed by atoms with Gasteiger partial charge in [0, 0.05) is 17.8 Å². The van der Waals surface area contributed by atoms with Crippen LogP contribution in [0.2, 0.25) is 0 Å². The summed E-state index contributed by atoms with van der Waals surface area (Å²) < 4.78 is 17.5. The molecule has 0 saturated heterocycles. The lowest BCUT2D eigenvalue weighted by molar-refractivity contribution is 0.398. The fourth-order valence-electron chi connectivity index (χ4n) is 0.976. The summed E-state index contributed by atoms with van der Waals surface area (Å²) in [5, 5.41) is 6.93. The number of nitrogens with zero attached hydrogens (tertiary/aromatic N) is 3. The predicted molar refractivity (Wildman–Crippen MR) is 49.7 cm³/mol. The lowest BCUT2D eigenvalue weighted by Crippen LogP contribution is -1.87. The van der Waals surface area contributed by atoms with Crippen molar-refractivity contribution in [3.05, 3.63) is 23.6 Å². The SMILES string of the molecule is COc1cc(-c2nnc(F)s2)ccn1. The van der Waals surface area contributed by atoms with Crippen molar-refractivity contribution in [2.45, 2.75) is 0 Å². The van der Waals surface area contributed by atoms with Crippen molar-refractivity contribution in [1.82, 2.24) is 15.2 Å². The molecule has 14 heavy (non-hydrogen) atoms. The first-order valence-corrected chi connectivity index (χ1v) is 4.60. The number of halogens is 1. The molecule has 2 aromatic rings. The molecule has 2 aromatic heterocycles. The molecule has 0 unspecified atom stereocenters. The van der Waals surface area contributed by atoms with E-state index >= 15 is 0 Å². The van der Waals surface area contributed by atoms with Gasteiger partial charge in [0.2, 0.25) is 5.88 Å². The van der Waals surface area contributed by atoms with Crippen LogP contribution in [0.1, 0.15) is 0 Å². The largest absolute Gasteiger partial charge is 0.481 e. The minimum absolute atomic E-state index is 0.470. The monoisotopic (exact) mass is 211 g/mol. The van der Waals surface area contributed by atoms with Gasteiger partial charge in [0.1, 0.15) is 0 Å². The highest BCUT2D eigenvalue weighted by Crippen LogP contribution is 2.24. The minimum atomic E-state index is -0.546. The van der Waals surface area contributed by atoms with Gasteiger partial charge < -0.3 is 4.74 Å². The zero-order valence-corrected chi connectivity index (χ0v) is 8.08. The van der Waals surface area contributed by atoms with Crippen molar-refractivity contribution in [2.75, 3.05) is 7.11 Å². The van der Waals surface area contributed by atoms with Crippen LogP contribution in [0.25, 0.3) is 10.6 Å². The van der Waals surface area contributed by atoms with Gasteiger partial charge in [-0.2, -0.15) is 4.39 Å². The second kappa shape index (κ2) is 3.67. The maximum Gasteiger partial charge on any atom is 0.289 e. The molecule has 0 fully saturated rings. The van der Waals surface area contributed by atoms with Crippen LogP contribution in [0.4, 0.5) is 4.39 Å². The molecular weight excluding hydrogens is 205 g/mol. The molecule has 4 nitrogen and oxygen atoms in total. The average molecular weight is 211 g/mol. The van der Waals surface area contributed by atoms with Gasteiger partial charge in [0.05, 0.1) is 7.11 Å². The molecule has 0 radical (unpaired) electrons. The topological polar surface area (TPSA) is 47.9 Å². The van der Waals surface area contributed by atoms with Crippen molar-refractivity contribution < 1.29 is 9.13 Å². The third kappa shape index (κ3) is 1.69. The van der Waals surface area contributed by atoms with E-state index in [0.29, 0.717) is 10.9 Å². The van der Waals surface area contributed by atoms with Crippen molar-refractivity contribution in [3.8, 4) is 16.5 Å². The molecule has 0 aliphatic rings. The molecule has 2 rings (SSSR count). The average Bonchev–Trinajstić information content (AvgIpc) is 2.65. The molecule has 0 spiro atoms. The maximum absolute atomic E-state index is 12.6. The van der Waals surface area contributed by atoms with E-state index in [2.05, 4.69) is 15.2 Å². The lowest BCUT2D eigenvalue weighted by Gasteiger charge is -1.98. The maximum atomic E-state index is 12.6. The number of hydrogen-bond donors (Lipinski definition) is 0. The summed E-state index contributed by atoms with van der Waals surface area (Å²) in [7, 11) is 1.52. The molecular formula is C8H6FN3OS. The summed E-state index contributed by atoms with van der Waals surface area (Å²) in [6.45, 7) is 0. The molecule has 0 bridgehead atoms. The Morgan fingerprint density at radius 2 is 2.29 bits per heavy atom. The Bertz CT molecular complexity index is 446. The summed E-state index contributed by atoms with van der Waals surface area (Å²) >= 11 is 0.888. The Balaban J connectivity index is 2.41. The number of aromatic nitrogens is 3. The highest BCUT2D eigenvalue weighted by Gasteiger charge is 2.06. The lowest BCUT2D eigenvalue weighted by atomic mass is 10.3. The van der Waals surface area contributed by atoms with Gasteiger partial charge in [0.25, 0.3) is 5.26 Å². The summed E-state index contributed by atoms with van der Waals surface area (Å²) in [6.07, 6.45) is 1.58. The van der Waals surface area contributed by atoms with Crippen LogP contribution in [0.5, 0.6) is 5.88 Å². The van der Waals surface area contributed by atoms with E-state index in [-0.39, 0.29) is 0 Å². The zero-order chi connectivity index (χ0) is 9.97. The summed E-state index contributed by atoms with van der Waals surface area (Å²) in [5.74, 6) is 0.470. The molecule has 0 N–H and O–H groups in total. The Morgan fingerprint density at radius 1 is 1.43 bits per heavy atom. The third-order valence-corrected chi connectivity index (χ3v) is 2.35. The van der Waals surface area contributed by atoms with Crippen molar-refractivity contribution >= 4 is 11.3 Å². The van der Waals surface area contributed by atoms with Crippen LogP contribution in [0, 0.1) is 5.26 Å². The number of methoxy groups -OCH3 is 1. The number of ether oxygens (including phenoxy) is 1. The number of rotatable bonds is 2. The first-order chi connectivity index (χ1) is 6.79. The summed E-state index contributed by atoms with van der Waals surface area (Å²) in [5.41, 5.74) is 0.748. The standard InChI is InChI=1S/C8H6FN3OS/c1-13-6-4-5(2-3-10-6)7-11-12-8(9)14-7/h2-4H,1H3. The molecule has 6 heteroatoms. The van der Waals surface area contributed by atoms with E-state index < -0.39 is 5.26 Å². The van der Waals surface area contributed by atoms with Gasteiger partial charge in [-0.05, 0) is 6.07 Å². The highest BCUT2D eigenvalue weighted by atomic mass is 32.1. The van der Waals surface area contributed by atoms with Crippen LogP contribution < -0.4 is 4.74 Å². The molecule has 0 aliphatic heterocycles. The quantitative estimate of drug-likeness (QED) is 0.759. The van der Waals surface area contributed by atoms with E-state index in [1.807, 2.05) is 0 Å². The molecule has 0 saturated carbocycles. The van der Waals surface area contributed by atoms with E-state index in [4.69, 9.17) is 4.74 Å². The van der Waals surface area contributed by atoms with E-state index in [1.165, 1.54) is 7.11 Å². The minimum Gasteiger partial charge on any atom is -0.481 e. The summed E-state index contributed by atoms with van der Waals surface area (Å²) in [4.78, 5) is 3.93. The first kappa shape index (κ1) is 9.01. The van der Waals surface area contributed by atoms with Gasteiger partial charge in [0.15, 0.2) is 5.01 Å². The van der Waals surface area contributed by atoms with Crippen LogP contribution in [-0.2, 0) is 0 Å². The van der Waals surface area contributed by atoms with Crippen LogP contribution >= 0.6 is 11.3 Å². The first-order valence-electron chi connectivity index (χ1n) is 3.79. The molecule has 72 valence electrons. The Morgan fingerprint density at radius 3 is 2.93 bits per heavy atom. The summed E-state index contributed by atoms with van der Waals surface area (Å²) in [6, 6.07) is 3.41. The molecule has 0 aliphatic carbocycles. The number of pyridine rings is 1. The van der Waals surface area contributed by atoms with Gasteiger partial charge in [-0.1, -0.05) is 11.3 Å². The van der Waals surface area contributed by atoms with E-state index in [1.54, 1.807) is 18.3 Å².